The third-order valence-electron chi connectivity index (χ3n) is 0.449. The van der Waals surface area contributed by atoms with Crippen LogP contribution in [-0.2, 0) is 42.2 Å². The summed E-state index contributed by atoms with van der Waals surface area (Å²) in [6, 6.07) is 0. The van der Waals surface area contributed by atoms with Crippen molar-refractivity contribution in [2.75, 3.05) is 6.61 Å². The van der Waals surface area contributed by atoms with Gasteiger partial charge in [-0.05, 0) is 0 Å². The van der Waals surface area contributed by atoms with Crippen LogP contribution in [-0.4, -0.2) is 12.8 Å². The van der Waals surface area contributed by atoms with Gasteiger partial charge >= 0.3 is 38.9 Å². The van der Waals surface area contributed by atoms with Crippen LogP contribution in [0, 0.1) is 14.0 Å². The van der Waals surface area contributed by atoms with Crippen LogP contribution >= 0.6 is 0 Å². The van der Waals surface area contributed by atoms with Crippen LogP contribution in [0.1, 0.15) is 0 Å². The summed E-state index contributed by atoms with van der Waals surface area (Å²) in [5.41, 5.74) is 0. The Hall–Kier alpha value is 0.374. The molecule has 1 aliphatic heterocycles. The number of carbonyl (C=O) groups is 1. The molecule has 0 aromatic heterocycles. The third-order valence-corrected chi connectivity index (χ3v) is 0.449. The second-order valence-corrected chi connectivity index (χ2v) is 0.846. The first kappa shape index (κ1) is 11.2. The van der Waals surface area contributed by atoms with E-state index in [2.05, 4.69) is 9.47 Å². The fourth-order valence-electron chi connectivity index (χ4n) is 0.238. The summed E-state index contributed by atoms with van der Waals surface area (Å²) in [7, 11) is 0. The summed E-state index contributed by atoms with van der Waals surface area (Å²) in [5.74, 6) is 0. The predicted molar refractivity (Wildman–Crippen MR) is 23.1 cm³/mol. The second kappa shape index (κ2) is 5.51. The molecule has 1 fully saturated rings. The van der Waals surface area contributed by atoms with E-state index in [0.717, 1.165) is 0 Å². The third kappa shape index (κ3) is 3.39. The van der Waals surface area contributed by atoms with Gasteiger partial charge in [-0.1, -0.05) is 0 Å². The van der Waals surface area contributed by atoms with E-state index >= 15 is 0 Å². The molecule has 0 aromatic rings. The molecule has 0 bridgehead atoms. The molecule has 0 N–H and O–H groups in total. The first-order chi connectivity index (χ1) is 2.89. The van der Waals surface area contributed by atoms with Gasteiger partial charge < -0.3 is 16.9 Å². The van der Waals surface area contributed by atoms with Crippen molar-refractivity contribution in [3.05, 3.63) is 14.0 Å². The van der Waals surface area contributed by atoms with Gasteiger partial charge in [-0.2, -0.15) is 0 Å². The number of cyclic esters (lactones) is 2. The van der Waals surface area contributed by atoms with E-state index in [-0.39, 0.29) is 40.1 Å². The Kier molecular flexibility index (Phi) is 7.72. The Morgan fingerprint density at radius 2 is 2.25 bits per heavy atom. The molecule has 1 saturated heterocycles. The van der Waals surface area contributed by atoms with Crippen molar-refractivity contribution >= 4 is 6.16 Å². The van der Waals surface area contributed by atoms with Crippen LogP contribution in [0.4, 0.5) is 4.79 Å². The molecule has 0 amide bonds. The summed E-state index contributed by atoms with van der Waals surface area (Å²) in [6.07, 6.45) is -0.602. The molecular formula is C4H6O3Y+. The summed E-state index contributed by atoms with van der Waals surface area (Å²) in [6.45, 7) is 1.60. The Balaban J connectivity index is 0. The Labute approximate surface area is 73.6 Å². The monoisotopic (exact) mass is 191 g/mol. The van der Waals surface area contributed by atoms with Gasteiger partial charge in [0.15, 0.2) is 0 Å². The number of rotatable bonds is 0. The van der Waals surface area contributed by atoms with Gasteiger partial charge in [0.05, 0.1) is 0 Å². The molecule has 1 rings (SSSR count). The second-order valence-electron chi connectivity index (χ2n) is 0.846. The van der Waals surface area contributed by atoms with Gasteiger partial charge in [-0.3, -0.25) is 0 Å². The molecule has 3 nitrogen and oxygen atoms in total. The SMILES string of the molecule is O=C1O[CH-]CO1.[CH3-].[Y+3]. The van der Waals surface area contributed by atoms with Crippen LogP contribution in [0.2, 0.25) is 0 Å². The molecule has 0 unspecified atom stereocenters. The maximum absolute atomic E-state index is 9.77. The van der Waals surface area contributed by atoms with Crippen molar-refractivity contribution in [3.8, 4) is 0 Å². The Morgan fingerprint density at radius 3 is 2.38 bits per heavy atom. The van der Waals surface area contributed by atoms with Crippen molar-refractivity contribution < 1.29 is 47.0 Å². The normalized spacial score (nSPS) is 14.8. The number of hydrogen-bond acceptors (Lipinski definition) is 3. The Morgan fingerprint density at radius 1 is 1.62 bits per heavy atom. The molecule has 0 spiro atoms. The molecule has 4 heteroatoms. The fourth-order valence-corrected chi connectivity index (χ4v) is 0.238. The quantitative estimate of drug-likeness (QED) is 0.418. The zero-order chi connectivity index (χ0) is 4.41. The summed E-state index contributed by atoms with van der Waals surface area (Å²) in [4.78, 5) is 9.77. The zero-order valence-corrected chi connectivity index (χ0v) is 7.42. The van der Waals surface area contributed by atoms with Crippen molar-refractivity contribution in [2.45, 2.75) is 0 Å². The van der Waals surface area contributed by atoms with Gasteiger partial charge in [0.2, 0.25) is 0 Å². The number of ether oxygens (including phenoxy) is 2. The van der Waals surface area contributed by atoms with E-state index < -0.39 is 6.16 Å². The molecule has 0 aliphatic carbocycles. The topological polar surface area (TPSA) is 35.5 Å². The average molecular weight is 191 g/mol. The number of carbonyl (C=O) groups excluding carboxylic acids is 1. The van der Waals surface area contributed by atoms with E-state index in [4.69, 9.17) is 0 Å². The van der Waals surface area contributed by atoms with Crippen molar-refractivity contribution in [1.82, 2.24) is 0 Å². The molecule has 1 heterocycles. The van der Waals surface area contributed by atoms with E-state index in [9.17, 15) is 4.79 Å². The first-order valence-electron chi connectivity index (χ1n) is 1.54. The number of hydrogen-bond donors (Lipinski definition) is 0. The van der Waals surface area contributed by atoms with E-state index in [1.165, 1.54) is 6.61 Å². The minimum Gasteiger partial charge on any atom is -0.603 e. The van der Waals surface area contributed by atoms with Gasteiger partial charge in [-0.15, -0.1) is 6.61 Å². The van der Waals surface area contributed by atoms with E-state index in [1.807, 2.05) is 0 Å². The molecule has 0 radical (unpaired) electrons. The van der Waals surface area contributed by atoms with Gasteiger partial charge in [-0.25, -0.2) is 4.79 Å². The smallest absolute Gasteiger partial charge is 0.603 e. The molecule has 0 saturated carbocycles. The first-order valence-corrected chi connectivity index (χ1v) is 1.54. The zero-order valence-electron chi connectivity index (χ0n) is 4.59. The molecule has 0 atom stereocenters. The van der Waals surface area contributed by atoms with Crippen molar-refractivity contribution in [3.63, 3.8) is 0 Å². The largest absolute Gasteiger partial charge is 3.00 e. The molecule has 42 valence electrons. The average Bonchev–Trinajstić information content (AvgIpc) is 1.86. The predicted octanol–water partition coefficient (Wildman–Crippen LogP) is 0.763. The Bertz CT molecular complexity index is 65.7. The minimum atomic E-state index is -0.602. The van der Waals surface area contributed by atoms with Crippen molar-refractivity contribution in [1.29, 1.82) is 0 Å². The molecule has 8 heavy (non-hydrogen) atoms. The van der Waals surface area contributed by atoms with Crippen LogP contribution in [0.5, 0.6) is 0 Å². The van der Waals surface area contributed by atoms with E-state index in [1.54, 1.807) is 0 Å². The van der Waals surface area contributed by atoms with Crippen LogP contribution in [0.3, 0.4) is 0 Å². The summed E-state index contributed by atoms with van der Waals surface area (Å²) >= 11 is 0. The van der Waals surface area contributed by atoms with Gasteiger partial charge in [0.1, 0.15) is 0 Å². The summed E-state index contributed by atoms with van der Waals surface area (Å²) in [5, 5.41) is 0. The molecular weight excluding hydrogens is 185 g/mol. The fraction of sp³-hybridized carbons (Fsp3) is 0.250. The maximum atomic E-state index is 9.77. The van der Waals surface area contributed by atoms with E-state index in [0.29, 0.717) is 6.61 Å². The minimum absolute atomic E-state index is 0. The van der Waals surface area contributed by atoms with Crippen LogP contribution in [0.25, 0.3) is 0 Å². The van der Waals surface area contributed by atoms with Crippen LogP contribution < -0.4 is 0 Å². The van der Waals surface area contributed by atoms with Gasteiger partial charge in [0.25, 0.3) is 0 Å². The van der Waals surface area contributed by atoms with Crippen LogP contribution in [0.15, 0.2) is 0 Å². The van der Waals surface area contributed by atoms with Crippen molar-refractivity contribution in [2.24, 2.45) is 0 Å². The maximum Gasteiger partial charge on any atom is 3.00 e. The summed E-state index contributed by atoms with van der Waals surface area (Å²) < 4.78 is 8.40. The molecule has 1 aliphatic rings. The van der Waals surface area contributed by atoms with Gasteiger partial charge in [0, 0.05) is 6.61 Å². The standard InChI is InChI=1S/C3H3O3.CH3.Y/c4-3-5-1-2-6-3;;/h1H,2H2;1H3;/q2*-1;+3. The molecule has 0 aromatic carbocycles.